The fourth-order valence-corrected chi connectivity index (χ4v) is 3.68. The topological polar surface area (TPSA) is 98.5 Å². The van der Waals surface area contributed by atoms with E-state index < -0.39 is 16.8 Å². The van der Waals surface area contributed by atoms with Crippen LogP contribution in [0.4, 0.5) is 11.4 Å². The summed E-state index contributed by atoms with van der Waals surface area (Å²) in [5.41, 5.74) is -0.337. The van der Waals surface area contributed by atoms with Gasteiger partial charge in [0.1, 0.15) is 10.4 Å². The lowest BCUT2D eigenvalue weighted by atomic mass is 10.1. The van der Waals surface area contributed by atoms with E-state index in [9.17, 15) is 19.7 Å². The molecule has 0 saturated heterocycles. The van der Waals surface area contributed by atoms with Gasteiger partial charge in [-0.3, -0.25) is 14.9 Å². The molecule has 0 fully saturated rings. The van der Waals surface area contributed by atoms with Gasteiger partial charge < -0.3 is 10.1 Å². The first-order chi connectivity index (χ1) is 12.4. The monoisotopic (exact) mass is 390 g/mol. The molecule has 1 N–H and O–H groups in total. The van der Waals surface area contributed by atoms with Gasteiger partial charge in [-0.15, -0.1) is 11.3 Å². The number of nitro groups is 1. The number of esters is 1. The van der Waals surface area contributed by atoms with Crippen LogP contribution in [0.1, 0.15) is 20.0 Å². The molecule has 9 heteroatoms. The Morgan fingerprint density at radius 1 is 1.23 bits per heavy atom. The number of benzene rings is 2. The molecule has 7 nitrogen and oxygen atoms in total. The van der Waals surface area contributed by atoms with Gasteiger partial charge in [0.2, 0.25) is 0 Å². The Morgan fingerprint density at radius 3 is 2.65 bits per heavy atom. The van der Waals surface area contributed by atoms with E-state index in [1.54, 1.807) is 24.3 Å². The van der Waals surface area contributed by atoms with E-state index >= 15 is 0 Å². The number of carbonyl (C=O) groups is 2. The Kier molecular flexibility index (Phi) is 4.88. The van der Waals surface area contributed by atoms with Crippen LogP contribution in [0.25, 0.3) is 10.1 Å². The number of nitro benzene ring substituents is 1. The molecule has 0 aliphatic carbocycles. The number of hydrogen-bond donors (Lipinski definition) is 1. The van der Waals surface area contributed by atoms with Crippen molar-refractivity contribution < 1.29 is 19.2 Å². The first kappa shape index (κ1) is 17.8. The Labute approximate surface area is 156 Å². The van der Waals surface area contributed by atoms with Crippen LogP contribution in [-0.4, -0.2) is 23.9 Å². The summed E-state index contributed by atoms with van der Waals surface area (Å²) in [6.07, 6.45) is 0. The second kappa shape index (κ2) is 7.11. The smallest absolute Gasteiger partial charge is 0.350 e. The van der Waals surface area contributed by atoms with Gasteiger partial charge in [0.05, 0.1) is 17.7 Å². The number of amides is 1. The van der Waals surface area contributed by atoms with Gasteiger partial charge in [0, 0.05) is 21.2 Å². The highest BCUT2D eigenvalue weighted by Gasteiger charge is 2.25. The molecule has 1 aromatic heterocycles. The molecule has 0 spiro atoms. The number of halogens is 1. The molecule has 0 aliphatic heterocycles. The fraction of sp³-hybridized carbons (Fsp3) is 0.0588. The number of nitrogens with one attached hydrogen (secondary N) is 1. The maximum atomic E-state index is 12.7. The zero-order valence-corrected chi connectivity index (χ0v) is 14.9. The third-order valence-electron chi connectivity index (χ3n) is 3.60. The van der Waals surface area contributed by atoms with Gasteiger partial charge in [0.25, 0.3) is 11.6 Å². The predicted octanol–water partition coefficient (Wildman–Crippen LogP) is 4.50. The number of nitrogens with zero attached hydrogens (tertiary/aromatic N) is 1. The number of fused-ring (bicyclic) bond motifs is 1. The molecule has 0 bridgehead atoms. The predicted molar refractivity (Wildman–Crippen MR) is 99.2 cm³/mol. The lowest BCUT2D eigenvalue weighted by Crippen LogP contribution is -2.15. The van der Waals surface area contributed by atoms with Crippen molar-refractivity contribution in [2.24, 2.45) is 0 Å². The Balaban J connectivity index is 2.09. The van der Waals surface area contributed by atoms with Crippen LogP contribution in [0.15, 0.2) is 42.5 Å². The average Bonchev–Trinajstić information content (AvgIpc) is 2.99. The van der Waals surface area contributed by atoms with Crippen molar-refractivity contribution >= 4 is 56.3 Å². The highest BCUT2D eigenvalue weighted by Crippen LogP contribution is 2.37. The standard InChI is InChI=1S/C17H11ClN2O5S/c1-25-17(22)15-14(10-4-2-3-5-13(10)26-15)19-16(21)11-8-9(18)6-7-12(11)20(23)24/h2-8H,1H3,(H,19,21). The lowest BCUT2D eigenvalue weighted by Gasteiger charge is -2.07. The molecule has 1 amide bonds. The second-order valence-electron chi connectivity index (χ2n) is 5.17. The minimum atomic E-state index is -0.743. The average molecular weight is 391 g/mol. The second-order valence-corrected chi connectivity index (χ2v) is 6.66. The molecule has 1 heterocycles. The highest BCUT2D eigenvalue weighted by atomic mass is 35.5. The van der Waals surface area contributed by atoms with E-state index in [1.807, 2.05) is 0 Å². The van der Waals surface area contributed by atoms with Crippen molar-refractivity contribution in [2.75, 3.05) is 12.4 Å². The van der Waals surface area contributed by atoms with Crippen LogP contribution in [-0.2, 0) is 4.74 Å². The molecule has 3 rings (SSSR count). The fourth-order valence-electron chi connectivity index (χ4n) is 2.44. The summed E-state index contributed by atoms with van der Waals surface area (Å²) >= 11 is 7.03. The molecular formula is C17H11ClN2O5S. The Bertz CT molecular complexity index is 1050. The van der Waals surface area contributed by atoms with E-state index in [0.717, 1.165) is 22.1 Å². The molecule has 132 valence electrons. The third-order valence-corrected chi connectivity index (χ3v) is 4.99. The summed E-state index contributed by atoms with van der Waals surface area (Å²) in [5.74, 6) is -1.35. The molecular weight excluding hydrogens is 380 g/mol. The molecule has 0 unspecified atom stereocenters. The van der Waals surface area contributed by atoms with Gasteiger partial charge in [-0.25, -0.2) is 4.79 Å². The summed E-state index contributed by atoms with van der Waals surface area (Å²) in [7, 11) is 1.24. The molecule has 26 heavy (non-hydrogen) atoms. The molecule has 3 aromatic rings. The number of anilines is 1. The van der Waals surface area contributed by atoms with Crippen molar-refractivity contribution in [2.45, 2.75) is 0 Å². The van der Waals surface area contributed by atoms with Crippen LogP contribution in [0.5, 0.6) is 0 Å². The van der Waals surface area contributed by atoms with Gasteiger partial charge in [0.15, 0.2) is 0 Å². The van der Waals surface area contributed by atoms with Crippen molar-refractivity contribution in [3.8, 4) is 0 Å². The van der Waals surface area contributed by atoms with Crippen LogP contribution in [0.3, 0.4) is 0 Å². The zero-order valence-electron chi connectivity index (χ0n) is 13.3. The molecule has 0 aliphatic rings. The van der Waals surface area contributed by atoms with Gasteiger partial charge in [-0.1, -0.05) is 29.8 Å². The van der Waals surface area contributed by atoms with Gasteiger partial charge in [-0.05, 0) is 18.2 Å². The lowest BCUT2D eigenvalue weighted by molar-refractivity contribution is -0.385. The largest absolute Gasteiger partial charge is 0.465 e. The van der Waals surface area contributed by atoms with E-state index in [2.05, 4.69) is 5.32 Å². The Hall–Kier alpha value is -2.97. The SMILES string of the molecule is COC(=O)c1sc2ccccc2c1NC(=O)c1cc(Cl)ccc1[N+](=O)[O-]. The molecule has 2 aromatic carbocycles. The minimum absolute atomic E-state index is 0.184. The minimum Gasteiger partial charge on any atom is -0.465 e. The number of thiophene rings is 1. The summed E-state index contributed by atoms with van der Waals surface area (Å²) in [6, 6.07) is 10.8. The molecule has 0 radical (unpaired) electrons. The summed E-state index contributed by atoms with van der Waals surface area (Å²) in [6.45, 7) is 0. The van der Waals surface area contributed by atoms with Crippen molar-refractivity contribution in [1.29, 1.82) is 0 Å². The van der Waals surface area contributed by atoms with E-state index in [1.165, 1.54) is 19.2 Å². The highest BCUT2D eigenvalue weighted by molar-refractivity contribution is 7.21. The zero-order chi connectivity index (χ0) is 18.8. The van der Waals surface area contributed by atoms with Crippen LogP contribution < -0.4 is 5.32 Å². The van der Waals surface area contributed by atoms with Crippen molar-refractivity contribution in [3.63, 3.8) is 0 Å². The number of hydrogen-bond acceptors (Lipinski definition) is 6. The number of methoxy groups -OCH3 is 1. The number of rotatable bonds is 4. The van der Waals surface area contributed by atoms with E-state index in [4.69, 9.17) is 16.3 Å². The van der Waals surface area contributed by atoms with Gasteiger partial charge in [-0.2, -0.15) is 0 Å². The number of carbonyl (C=O) groups excluding carboxylic acids is 2. The summed E-state index contributed by atoms with van der Waals surface area (Å²) in [4.78, 5) is 35.4. The molecule has 0 saturated carbocycles. The van der Waals surface area contributed by atoms with Crippen LogP contribution >= 0.6 is 22.9 Å². The summed E-state index contributed by atoms with van der Waals surface area (Å²) < 4.78 is 5.53. The first-order valence-electron chi connectivity index (χ1n) is 7.27. The van der Waals surface area contributed by atoms with Gasteiger partial charge >= 0.3 is 5.97 Å². The summed E-state index contributed by atoms with van der Waals surface area (Å²) in [5, 5.41) is 14.6. The third kappa shape index (κ3) is 3.24. The Morgan fingerprint density at radius 2 is 1.96 bits per heavy atom. The van der Waals surface area contributed by atoms with Crippen LogP contribution in [0.2, 0.25) is 5.02 Å². The van der Waals surface area contributed by atoms with Crippen LogP contribution in [0, 0.1) is 10.1 Å². The van der Waals surface area contributed by atoms with Crippen molar-refractivity contribution in [1.82, 2.24) is 0 Å². The van der Waals surface area contributed by atoms with E-state index in [0.29, 0.717) is 5.39 Å². The first-order valence-corrected chi connectivity index (χ1v) is 8.47. The maximum absolute atomic E-state index is 12.7. The van der Waals surface area contributed by atoms with E-state index in [-0.39, 0.29) is 26.8 Å². The van der Waals surface area contributed by atoms with Crippen molar-refractivity contribution in [3.05, 3.63) is 68.0 Å². The maximum Gasteiger partial charge on any atom is 0.350 e. The number of ether oxygens (including phenoxy) is 1. The normalized spacial score (nSPS) is 10.5. The quantitative estimate of drug-likeness (QED) is 0.401. The molecule has 0 atom stereocenters.